The summed E-state index contributed by atoms with van der Waals surface area (Å²) in [6.45, 7) is 3.37. The Labute approximate surface area is 182 Å². The Morgan fingerprint density at radius 1 is 1.03 bits per heavy atom. The number of thiazole rings is 1. The summed E-state index contributed by atoms with van der Waals surface area (Å²) >= 11 is 7.98. The number of rotatable bonds is 4. The molecular weight excluding hydrogens is 422 g/mol. The van der Waals surface area contributed by atoms with E-state index in [1.54, 1.807) is 35.5 Å². The van der Waals surface area contributed by atoms with E-state index >= 15 is 0 Å². The highest BCUT2D eigenvalue weighted by Gasteiger charge is 2.23. The second kappa shape index (κ2) is 7.73. The topological polar surface area (TPSA) is 72.2 Å². The molecule has 8 nitrogen and oxygen atoms in total. The number of benzene rings is 1. The minimum absolute atomic E-state index is 0.704. The van der Waals surface area contributed by atoms with Gasteiger partial charge in [-0.2, -0.15) is 5.10 Å². The van der Waals surface area contributed by atoms with Gasteiger partial charge in [-0.25, -0.2) is 9.97 Å². The molecular formula is C20H20ClN7OS. The van der Waals surface area contributed by atoms with Crippen molar-refractivity contribution < 1.29 is 4.74 Å². The van der Waals surface area contributed by atoms with E-state index in [9.17, 15) is 0 Å². The molecule has 0 atom stereocenters. The first kappa shape index (κ1) is 19.1. The highest BCUT2D eigenvalue weighted by Crippen LogP contribution is 2.39. The van der Waals surface area contributed by atoms with Crippen LogP contribution in [0, 0.1) is 0 Å². The van der Waals surface area contributed by atoms with E-state index in [-0.39, 0.29) is 0 Å². The summed E-state index contributed by atoms with van der Waals surface area (Å²) < 4.78 is 8.17. The van der Waals surface area contributed by atoms with E-state index in [2.05, 4.69) is 19.9 Å². The summed E-state index contributed by atoms with van der Waals surface area (Å²) in [5.41, 5.74) is 2.61. The zero-order valence-corrected chi connectivity index (χ0v) is 18.2. The van der Waals surface area contributed by atoms with E-state index in [0.717, 1.165) is 64.4 Å². The smallest absolute Gasteiger partial charge is 0.186 e. The molecule has 1 aliphatic heterocycles. The minimum atomic E-state index is 0.704. The molecule has 4 aromatic rings. The minimum Gasteiger partial charge on any atom is -0.494 e. The van der Waals surface area contributed by atoms with Crippen LogP contribution in [-0.4, -0.2) is 58.0 Å². The van der Waals surface area contributed by atoms with E-state index in [0.29, 0.717) is 5.02 Å². The Balaban J connectivity index is 1.33. The monoisotopic (exact) mass is 441 g/mol. The van der Waals surface area contributed by atoms with Gasteiger partial charge in [-0.05, 0) is 12.1 Å². The molecule has 1 saturated heterocycles. The summed E-state index contributed by atoms with van der Waals surface area (Å²) in [6, 6.07) is 3.72. The van der Waals surface area contributed by atoms with Crippen LogP contribution < -0.4 is 14.5 Å². The van der Waals surface area contributed by atoms with E-state index in [1.807, 2.05) is 31.6 Å². The average Bonchev–Trinajstić information content (AvgIpc) is 3.42. The third-order valence-electron chi connectivity index (χ3n) is 5.16. The summed E-state index contributed by atoms with van der Waals surface area (Å²) in [5.74, 6) is 1.63. The maximum Gasteiger partial charge on any atom is 0.186 e. The second-order valence-electron chi connectivity index (χ2n) is 7.06. The largest absolute Gasteiger partial charge is 0.494 e. The van der Waals surface area contributed by atoms with Crippen LogP contribution >= 0.6 is 22.9 Å². The molecule has 3 aromatic heterocycles. The quantitative estimate of drug-likeness (QED) is 0.480. The van der Waals surface area contributed by atoms with E-state index < -0.39 is 0 Å². The molecule has 154 valence electrons. The molecule has 0 spiro atoms. The first-order valence-electron chi connectivity index (χ1n) is 9.56. The SMILES string of the molecule is COc1ccc(Cl)c2sc(N3CCN(c4cncc(-c5cnn(C)c5)n4)CC3)nc12. The molecule has 5 rings (SSSR count). The fourth-order valence-electron chi connectivity index (χ4n) is 3.57. The van der Waals surface area contributed by atoms with Gasteiger partial charge in [0, 0.05) is 45.0 Å². The summed E-state index contributed by atoms with van der Waals surface area (Å²) in [6.07, 6.45) is 7.34. The molecule has 0 radical (unpaired) electrons. The first-order valence-corrected chi connectivity index (χ1v) is 10.8. The molecule has 1 aliphatic rings. The van der Waals surface area contributed by atoms with Crippen molar-refractivity contribution in [2.45, 2.75) is 0 Å². The lowest BCUT2D eigenvalue weighted by Gasteiger charge is -2.35. The van der Waals surface area contributed by atoms with Crippen LogP contribution in [-0.2, 0) is 7.05 Å². The van der Waals surface area contributed by atoms with Crippen LogP contribution in [0.5, 0.6) is 5.75 Å². The van der Waals surface area contributed by atoms with Crippen molar-refractivity contribution in [1.82, 2.24) is 24.7 Å². The number of hydrogen-bond acceptors (Lipinski definition) is 8. The van der Waals surface area contributed by atoms with Gasteiger partial charge in [0.1, 0.15) is 17.1 Å². The third kappa shape index (κ3) is 3.44. The van der Waals surface area contributed by atoms with Crippen molar-refractivity contribution in [3.05, 3.63) is 41.9 Å². The molecule has 1 aromatic carbocycles. The maximum absolute atomic E-state index is 6.38. The molecule has 10 heteroatoms. The predicted octanol–water partition coefficient (Wildman–Crippen LogP) is 3.48. The first-order chi connectivity index (χ1) is 14.6. The van der Waals surface area contributed by atoms with Crippen molar-refractivity contribution >= 4 is 44.1 Å². The normalized spacial score (nSPS) is 14.5. The van der Waals surface area contributed by atoms with Crippen LogP contribution in [0.15, 0.2) is 36.9 Å². The molecule has 0 N–H and O–H groups in total. The number of hydrogen-bond donors (Lipinski definition) is 0. The van der Waals surface area contributed by atoms with Crippen LogP contribution in [0.3, 0.4) is 0 Å². The number of methoxy groups -OCH3 is 1. The van der Waals surface area contributed by atoms with Crippen LogP contribution in [0.2, 0.25) is 5.02 Å². The molecule has 4 heterocycles. The number of fused-ring (bicyclic) bond motifs is 1. The number of aryl methyl sites for hydroxylation is 1. The lowest BCUT2D eigenvalue weighted by atomic mass is 10.2. The Hall–Kier alpha value is -2.91. The lowest BCUT2D eigenvalue weighted by molar-refractivity contribution is 0.419. The van der Waals surface area contributed by atoms with Gasteiger partial charge >= 0.3 is 0 Å². The lowest BCUT2D eigenvalue weighted by Crippen LogP contribution is -2.46. The van der Waals surface area contributed by atoms with Gasteiger partial charge in [0.25, 0.3) is 0 Å². The molecule has 0 bridgehead atoms. The van der Waals surface area contributed by atoms with Crippen molar-refractivity contribution in [2.75, 3.05) is 43.1 Å². The van der Waals surface area contributed by atoms with Crippen LogP contribution in [0.25, 0.3) is 21.5 Å². The highest BCUT2D eigenvalue weighted by molar-refractivity contribution is 7.22. The average molecular weight is 442 g/mol. The van der Waals surface area contributed by atoms with Gasteiger partial charge in [0.2, 0.25) is 0 Å². The van der Waals surface area contributed by atoms with Crippen LogP contribution in [0.1, 0.15) is 0 Å². The Bertz CT molecular complexity index is 1200. The zero-order chi connectivity index (χ0) is 20.7. The van der Waals surface area contributed by atoms with Gasteiger partial charge in [-0.15, -0.1) is 0 Å². The zero-order valence-electron chi connectivity index (χ0n) is 16.6. The van der Waals surface area contributed by atoms with Crippen molar-refractivity contribution in [3.8, 4) is 17.0 Å². The second-order valence-corrected chi connectivity index (χ2v) is 8.45. The van der Waals surface area contributed by atoms with E-state index in [1.165, 1.54) is 0 Å². The fraction of sp³-hybridized carbons (Fsp3) is 0.300. The van der Waals surface area contributed by atoms with Gasteiger partial charge in [-0.1, -0.05) is 22.9 Å². The van der Waals surface area contributed by atoms with Gasteiger partial charge in [0.15, 0.2) is 5.13 Å². The molecule has 0 unspecified atom stereocenters. The molecule has 1 fully saturated rings. The molecule has 30 heavy (non-hydrogen) atoms. The van der Waals surface area contributed by atoms with Crippen LogP contribution in [0.4, 0.5) is 10.9 Å². The number of ether oxygens (including phenoxy) is 1. The van der Waals surface area contributed by atoms with Gasteiger partial charge in [-0.3, -0.25) is 9.67 Å². The molecule has 0 amide bonds. The van der Waals surface area contributed by atoms with Gasteiger partial charge < -0.3 is 14.5 Å². The number of piperazine rings is 1. The van der Waals surface area contributed by atoms with Gasteiger partial charge in [0.05, 0.1) is 41.1 Å². The summed E-state index contributed by atoms with van der Waals surface area (Å²) in [7, 11) is 3.55. The summed E-state index contributed by atoms with van der Waals surface area (Å²) in [5, 5.41) is 5.89. The predicted molar refractivity (Wildman–Crippen MR) is 120 cm³/mol. The number of halogens is 1. The standard InChI is InChI=1S/C20H20ClN7OS/c1-26-12-13(9-23-26)15-10-22-11-17(24-15)27-5-7-28(8-6-27)20-25-18-16(29-2)4-3-14(21)19(18)30-20/h3-4,9-12H,5-8H2,1-2H3. The van der Waals surface area contributed by atoms with Crippen molar-refractivity contribution in [1.29, 1.82) is 0 Å². The number of nitrogens with zero attached hydrogens (tertiary/aromatic N) is 7. The number of aromatic nitrogens is 5. The van der Waals surface area contributed by atoms with Crippen molar-refractivity contribution in [3.63, 3.8) is 0 Å². The molecule has 0 aliphatic carbocycles. The highest BCUT2D eigenvalue weighted by atomic mass is 35.5. The fourth-order valence-corrected chi connectivity index (χ4v) is 4.88. The molecule has 0 saturated carbocycles. The van der Waals surface area contributed by atoms with E-state index in [4.69, 9.17) is 26.3 Å². The number of anilines is 2. The Morgan fingerprint density at radius 3 is 2.57 bits per heavy atom. The summed E-state index contributed by atoms with van der Waals surface area (Å²) in [4.78, 5) is 18.5. The maximum atomic E-state index is 6.38. The Morgan fingerprint density at radius 2 is 1.83 bits per heavy atom. The Kier molecular flexibility index (Phi) is 4.92. The third-order valence-corrected chi connectivity index (χ3v) is 6.74. The van der Waals surface area contributed by atoms with Crippen molar-refractivity contribution in [2.24, 2.45) is 7.05 Å².